The molecule has 0 bridgehead atoms. The number of benzene rings is 1. The standard InChI is InChI=1S/C20H28N4O4/c1-14(2)9-10-16(25)24(13-15-7-5-4-6-8-15)17-18(21)23(11-12-28-3)20(27)22-19(17)26/h4-8,14H,9-13,21H2,1-3H3,(H,22,26,27). The molecule has 0 aliphatic rings. The van der Waals surface area contributed by atoms with Crippen molar-refractivity contribution >= 4 is 17.4 Å². The van der Waals surface area contributed by atoms with E-state index in [0.717, 1.165) is 5.56 Å². The van der Waals surface area contributed by atoms with Gasteiger partial charge in [0, 0.05) is 13.5 Å². The number of amides is 1. The van der Waals surface area contributed by atoms with Crippen molar-refractivity contribution in [3.8, 4) is 0 Å². The van der Waals surface area contributed by atoms with Gasteiger partial charge in [-0.2, -0.15) is 0 Å². The predicted molar refractivity (Wildman–Crippen MR) is 109 cm³/mol. The van der Waals surface area contributed by atoms with Crippen molar-refractivity contribution in [1.82, 2.24) is 9.55 Å². The maximum atomic E-state index is 13.0. The summed E-state index contributed by atoms with van der Waals surface area (Å²) in [6.07, 6.45) is 0.964. The Balaban J connectivity index is 2.51. The zero-order valence-corrected chi connectivity index (χ0v) is 16.6. The van der Waals surface area contributed by atoms with E-state index in [-0.39, 0.29) is 43.5 Å². The molecule has 0 aliphatic carbocycles. The smallest absolute Gasteiger partial charge is 0.330 e. The second kappa shape index (κ2) is 9.89. The third kappa shape index (κ3) is 5.32. The van der Waals surface area contributed by atoms with Gasteiger partial charge >= 0.3 is 5.69 Å². The van der Waals surface area contributed by atoms with Crippen molar-refractivity contribution in [1.29, 1.82) is 0 Å². The van der Waals surface area contributed by atoms with Crippen molar-refractivity contribution in [2.24, 2.45) is 5.92 Å². The minimum absolute atomic E-state index is 0.00619. The Kier molecular flexibility index (Phi) is 7.57. The SMILES string of the molecule is COCCn1c(N)c(N(Cc2ccccc2)C(=O)CCC(C)C)c(=O)[nH]c1=O. The predicted octanol–water partition coefficient (Wildman–Crippen LogP) is 1.73. The van der Waals surface area contributed by atoms with Crippen molar-refractivity contribution in [2.45, 2.75) is 39.8 Å². The summed E-state index contributed by atoms with van der Waals surface area (Å²) in [6.45, 7) is 4.66. The molecule has 0 unspecified atom stereocenters. The van der Waals surface area contributed by atoms with Gasteiger partial charge in [-0.05, 0) is 17.9 Å². The van der Waals surface area contributed by atoms with Gasteiger partial charge in [-0.15, -0.1) is 0 Å². The number of rotatable bonds is 9. The van der Waals surface area contributed by atoms with Gasteiger partial charge in [-0.1, -0.05) is 44.2 Å². The van der Waals surface area contributed by atoms with E-state index >= 15 is 0 Å². The quantitative estimate of drug-likeness (QED) is 0.680. The lowest BCUT2D eigenvalue weighted by molar-refractivity contribution is -0.119. The number of aromatic amines is 1. The monoisotopic (exact) mass is 388 g/mol. The van der Waals surface area contributed by atoms with Crippen LogP contribution in [-0.2, 0) is 22.6 Å². The number of nitrogens with two attached hydrogens (primary N) is 1. The summed E-state index contributed by atoms with van der Waals surface area (Å²) in [5.74, 6) is 0.0835. The first-order chi connectivity index (χ1) is 13.3. The van der Waals surface area contributed by atoms with Crippen LogP contribution in [0.1, 0.15) is 32.3 Å². The Labute approximate surface area is 163 Å². The molecule has 0 saturated heterocycles. The normalized spacial score (nSPS) is 11.0. The molecule has 1 aromatic carbocycles. The lowest BCUT2D eigenvalue weighted by Crippen LogP contribution is -2.41. The van der Waals surface area contributed by atoms with Crippen LogP contribution < -0.4 is 21.9 Å². The van der Waals surface area contributed by atoms with Crippen molar-refractivity contribution in [3.63, 3.8) is 0 Å². The number of nitrogens with zero attached hydrogens (tertiary/aromatic N) is 2. The first-order valence-corrected chi connectivity index (χ1v) is 9.31. The van der Waals surface area contributed by atoms with Gasteiger partial charge in [-0.3, -0.25) is 19.1 Å². The van der Waals surface area contributed by atoms with Gasteiger partial charge in [0.1, 0.15) is 5.82 Å². The molecule has 8 heteroatoms. The van der Waals surface area contributed by atoms with E-state index in [1.54, 1.807) is 0 Å². The topological polar surface area (TPSA) is 110 Å². The summed E-state index contributed by atoms with van der Waals surface area (Å²) in [4.78, 5) is 41.3. The largest absolute Gasteiger partial charge is 0.383 e. The molecular weight excluding hydrogens is 360 g/mol. The highest BCUT2D eigenvalue weighted by molar-refractivity contribution is 5.95. The molecule has 1 heterocycles. The summed E-state index contributed by atoms with van der Waals surface area (Å²) in [5.41, 5.74) is 5.71. The van der Waals surface area contributed by atoms with E-state index < -0.39 is 11.2 Å². The molecule has 0 aliphatic heterocycles. The lowest BCUT2D eigenvalue weighted by atomic mass is 10.1. The van der Waals surface area contributed by atoms with E-state index in [9.17, 15) is 14.4 Å². The fourth-order valence-electron chi connectivity index (χ4n) is 2.85. The molecule has 1 amide bonds. The first-order valence-electron chi connectivity index (χ1n) is 9.31. The number of carbonyl (C=O) groups is 1. The highest BCUT2D eigenvalue weighted by Crippen LogP contribution is 2.21. The maximum absolute atomic E-state index is 13.0. The van der Waals surface area contributed by atoms with Crippen LogP contribution in [0.2, 0.25) is 0 Å². The van der Waals surface area contributed by atoms with Crippen LogP contribution in [-0.4, -0.2) is 29.2 Å². The molecule has 28 heavy (non-hydrogen) atoms. The zero-order valence-electron chi connectivity index (χ0n) is 16.6. The van der Waals surface area contributed by atoms with Crippen LogP contribution in [0, 0.1) is 5.92 Å². The van der Waals surface area contributed by atoms with Gasteiger partial charge in [0.2, 0.25) is 5.91 Å². The maximum Gasteiger partial charge on any atom is 0.330 e. The molecule has 3 N–H and O–H groups in total. The van der Waals surface area contributed by atoms with Gasteiger partial charge in [-0.25, -0.2) is 4.79 Å². The lowest BCUT2D eigenvalue weighted by Gasteiger charge is -2.25. The Morgan fingerprint density at radius 1 is 1.25 bits per heavy atom. The van der Waals surface area contributed by atoms with Gasteiger partial charge in [0.05, 0.1) is 19.7 Å². The fraction of sp³-hybridized carbons (Fsp3) is 0.450. The highest BCUT2D eigenvalue weighted by atomic mass is 16.5. The van der Waals surface area contributed by atoms with Crippen molar-refractivity contribution in [3.05, 3.63) is 56.7 Å². The van der Waals surface area contributed by atoms with E-state index in [4.69, 9.17) is 10.5 Å². The number of ether oxygens (including phenoxy) is 1. The second-order valence-corrected chi connectivity index (χ2v) is 7.04. The summed E-state index contributed by atoms with van der Waals surface area (Å²) in [6, 6.07) is 9.33. The fourth-order valence-corrected chi connectivity index (χ4v) is 2.85. The number of nitrogen functional groups attached to an aromatic ring is 1. The van der Waals surface area contributed by atoms with Crippen molar-refractivity contribution < 1.29 is 9.53 Å². The van der Waals surface area contributed by atoms with E-state index in [2.05, 4.69) is 4.98 Å². The summed E-state index contributed by atoms with van der Waals surface area (Å²) in [7, 11) is 1.50. The highest BCUT2D eigenvalue weighted by Gasteiger charge is 2.24. The molecule has 152 valence electrons. The van der Waals surface area contributed by atoms with E-state index in [0.29, 0.717) is 12.3 Å². The van der Waals surface area contributed by atoms with Gasteiger partial charge in [0.25, 0.3) is 5.56 Å². The molecule has 0 atom stereocenters. The number of aromatic nitrogens is 2. The summed E-state index contributed by atoms with van der Waals surface area (Å²) in [5, 5.41) is 0. The molecule has 2 aromatic rings. The molecule has 1 aromatic heterocycles. The number of methoxy groups -OCH3 is 1. The third-order valence-corrected chi connectivity index (χ3v) is 4.42. The number of hydrogen-bond acceptors (Lipinski definition) is 5. The minimum atomic E-state index is -0.676. The van der Waals surface area contributed by atoms with Crippen LogP contribution in [0.4, 0.5) is 11.5 Å². The molecule has 2 rings (SSSR count). The van der Waals surface area contributed by atoms with Crippen LogP contribution in [0.15, 0.2) is 39.9 Å². The molecule has 0 fully saturated rings. The Morgan fingerprint density at radius 2 is 1.93 bits per heavy atom. The molecule has 0 saturated carbocycles. The van der Waals surface area contributed by atoms with Crippen molar-refractivity contribution in [2.75, 3.05) is 24.4 Å². The zero-order chi connectivity index (χ0) is 20.7. The van der Waals surface area contributed by atoms with Gasteiger partial charge in [0.15, 0.2) is 5.69 Å². The second-order valence-electron chi connectivity index (χ2n) is 7.04. The van der Waals surface area contributed by atoms with Crippen LogP contribution in [0.5, 0.6) is 0 Å². The number of nitrogens with one attached hydrogen (secondary N) is 1. The number of H-pyrrole nitrogens is 1. The van der Waals surface area contributed by atoms with E-state index in [1.807, 2.05) is 44.2 Å². The molecule has 0 spiro atoms. The summed E-state index contributed by atoms with van der Waals surface area (Å²) < 4.78 is 6.22. The van der Waals surface area contributed by atoms with Crippen LogP contribution in [0.3, 0.4) is 0 Å². The molecule has 0 radical (unpaired) electrons. The third-order valence-electron chi connectivity index (χ3n) is 4.42. The van der Waals surface area contributed by atoms with Gasteiger partial charge < -0.3 is 15.4 Å². The average Bonchev–Trinajstić information content (AvgIpc) is 2.65. The summed E-state index contributed by atoms with van der Waals surface area (Å²) >= 11 is 0. The Hall–Kier alpha value is -2.87. The minimum Gasteiger partial charge on any atom is -0.383 e. The number of anilines is 2. The first kappa shape index (κ1) is 21.4. The molecule has 8 nitrogen and oxygen atoms in total. The van der Waals surface area contributed by atoms with E-state index in [1.165, 1.54) is 16.6 Å². The number of carbonyl (C=O) groups excluding carboxylic acids is 1. The van der Waals surface area contributed by atoms with Crippen LogP contribution >= 0.6 is 0 Å². The number of hydrogen-bond donors (Lipinski definition) is 2. The average molecular weight is 388 g/mol. The Bertz CT molecular complexity index is 903. The van der Waals surface area contributed by atoms with Crippen LogP contribution in [0.25, 0.3) is 0 Å². The molecular formula is C20H28N4O4. The Morgan fingerprint density at radius 3 is 2.54 bits per heavy atom.